The molecule has 0 fully saturated rings. The van der Waals surface area contributed by atoms with Crippen LogP contribution in [0.4, 0.5) is 0 Å². The van der Waals surface area contributed by atoms with Crippen molar-refractivity contribution in [3.05, 3.63) is 89.1 Å². The molecule has 6 rings (SSSR count). The molecule has 3 aromatic heterocycles. The van der Waals surface area contributed by atoms with Crippen molar-refractivity contribution in [3.63, 3.8) is 0 Å². The highest BCUT2D eigenvalue weighted by Gasteiger charge is 2.24. The molecule has 0 N–H and O–H groups in total. The lowest BCUT2D eigenvalue weighted by Crippen LogP contribution is -2.12. The van der Waals surface area contributed by atoms with Gasteiger partial charge in [0, 0.05) is 28.3 Å². The van der Waals surface area contributed by atoms with Gasteiger partial charge in [-0.05, 0) is 77.8 Å². The lowest BCUT2D eigenvalue weighted by Gasteiger charge is -2.22. The lowest BCUT2D eigenvalue weighted by atomic mass is 9.82. The Kier molecular flexibility index (Phi) is 5.72. The topological polar surface area (TPSA) is 39.2 Å². The fraction of sp³-hybridized carbons (Fsp3) is 0.286. The van der Waals surface area contributed by atoms with E-state index in [1.807, 2.05) is 12.3 Å². The Labute approximate surface area is 224 Å². The largest absolute Gasteiger partial charge is 0.452 e. The standard InChI is InChI=1S/C35H35NO2/c1-20(2)16-23-12-13-26-21(3)33(38-30(26)17-23)34-22(4)31-29(37-34)14-15-36-32(31)25-18-24-10-8-9-11-27(24)28(19-25)35(5,6)7/h8-15,17-20H,16H2,1-7H3. The molecule has 3 nitrogen and oxygen atoms in total. The second-order valence-electron chi connectivity index (χ2n) is 12.1. The van der Waals surface area contributed by atoms with Crippen molar-refractivity contribution in [2.45, 2.75) is 60.3 Å². The number of aromatic nitrogens is 1. The molecule has 3 heteroatoms. The normalized spacial score (nSPS) is 12.4. The van der Waals surface area contributed by atoms with Crippen LogP contribution in [0.25, 0.3) is 55.5 Å². The van der Waals surface area contributed by atoms with Gasteiger partial charge < -0.3 is 8.83 Å². The minimum Gasteiger partial charge on any atom is -0.452 e. The van der Waals surface area contributed by atoms with Crippen LogP contribution in [0, 0.1) is 19.8 Å². The molecule has 192 valence electrons. The highest BCUT2D eigenvalue weighted by atomic mass is 16.4. The smallest absolute Gasteiger partial charge is 0.173 e. The average molecular weight is 502 g/mol. The van der Waals surface area contributed by atoms with Crippen molar-refractivity contribution in [3.8, 4) is 22.8 Å². The Hall–Kier alpha value is -3.85. The Balaban J connectivity index is 1.55. The van der Waals surface area contributed by atoms with Gasteiger partial charge in [-0.1, -0.05) is 71.0 Å². The van der Waals surface area contributed by atoms with E-state index in [1.165, 1.54) is 21.9 Å². The summed E-state index contributed by atoms with van der Waals surface area (Å²) in [4.78, 5) is 4.89. The molecule has 0 amide bonds. The lowest BCUT2D eigenvalue weighted by molar-refractivity contribution is 0.565. The van der Waals surface area contributed by atoms with Gasteiger partial charge in [-0.15, -0.1) is 0 Å². The highest BCUT2D eigenvalue weighted by molar-refractivity contribution is 6.01. The number of furan rings is 2. The zero-order valence-electron chi connectivity index (χ0n) is 23.4. The predicted molar refractivity (Wildman–Crippen MR) is 159 cm³/mol. The number of rotatable bonds is 4. The molecule has 0 aliphatic heterocycles. The van der Waals surface area contributed by atoms with E-state index < -0.39 is 0 Å². The van der Waals surface area contributed by atoms with Crippen LogP contribution in [0.2, 0.25) is 0 Å². The van der Waals surface area contributed by atoms with E-state index in [0.717, 1.165) is 62.3 Å². The van der Waals surface area contributed by atoms with Gasteiger partial charge in [-0.2, -0.15) is 0 Å². The van der Waals surface area contributed by atoms with Gasteiger partial charge in [0.2, 0.25) is 0 Å². The second kappa shape index (κ2) is 8.87. The van der Waals surface area contributed by atoms with Gasteiger partial charge in [0.05, 0.1) is 11.1 Å². The first kappa shape index (κ1) is 24.5. The first-order valence-electron chi connectivity index (χ1n) is 13.6. The van der Waals surface area contributed by atoms with E-state index in [4.69, 9.17) is 13.8 Å². The van der Waals surface area contributed by atoms with Gasteiger partial charge in [-0.3, -0.25) is 4.98 Å². The summed E-state index contributed by atoms with van der Waals surface area (Å²) in [5, 5.41) is 4.68. The van der Waals surface area contributed by atoms with Crippen molar-refractivity contribution in [2.75, 3.05) is 0 Å². The van der Waals surface area contributed by atoms with Crippen LogP contribution in [0.1, 0.15) is 56.9 Å². The van der Waals surface area contributed by atoms with Crippen LogP contribution in [-0.2, 0) is 11.8 Å². The van der Waals surface area contributed by atoms with E-state index in [2.05, 4.69) is 103 Å². The fourth-order valence-corrected chi connectivity index (χ4v) is 5.78. The number of benzene rings is 3. The van der Waals surface area contributed by atoms with E-state index in [1.54, 1.807) is 0 Å². The monoisotopic (exact) mass is 501 g/mol. The SMILES string of the molecule is Cc1c(-c2oc3ccnc(-c4cc(C(C)(C)C)c5ccccc5c4)c3c2C)oc2cc(CC(C)C)ccc12. The zero-order chi connectivity index (χ0) is 26.8. The second-order valence-corrected chi connectivity index (χ2v) is 12.1. The molecular weight excluding hydrogens is 466 g/mol. The third-order valence-corrected chi connectivity index (χ3v) is 7.64. The first-order valence-corrected chi connectivity index (χ1v) is 13.6. The minimum absolute atomic E-state index is 0.0000783. The van der Waals surface area contributed by atoms with Crippen molar-refractivity contribution >= 4 is 32.7 Å². The Morgan fingerprint density at radius 2 is 1.53 bits per heavy atom. The Bertz CT molecular complexity index is 1820. The minimum atomic E-state index is -0.0000783. The summed E-state index contributed by atoms with van der Waals surface area (Å²) in [6, 6.07) is 21.7. The van der Waals surface area contributed by atoms with Gasteiger partial charge >= 0.3 is 0 Å². The number of aryl methyl sites for hydroxylation is 2. The summed E-state index contributed by atoms with van der Waals surface area (Å²) in [7, 11) is 0. The van der Waals surface area contributed by atoms with Crippen molar-refractivity contribution in [1.82, 2.24) is 4.98 Å². The quantitative estimate of drug-likeness (QED) is 0.241. The van der Waals surface area contributed by atoms with Gasteiger partial charge in [-0.25, -0.2) is 0 Å². The molecule has 0 spiro atoms. The van der Waals surface area contributed by atoms with Crippen LogP contribution < -0.4 is 0 Å². The molecule has 0 unspecified atom stereocenters. The molecule has 0 aliphatic rings. The molecule has 0 saturated heterocycles. The molecule has 3 heterocycles. The maximum atomic E-state index is 6.50. The predicted octanol–water partition coefficient (Wildman–Crippen LogP) is 10.2. The zero-order valence-corrected chi connectivity index (χ0v) is 23.4. The summed E-state index contributed by atoms with van der Waals surface area (Å²) in [6.45, 7) is 15.5. The average Bonchev–Trinajstić information content (AvgIpc) is 3.38. The third kappa shape index (κ3) is 4.01. The molecule has 38 heavy (non-hydrogen) atoms. The summed E-state index contributed by atoms with van der Waals surface area (Å²) in [5.74, 6) is 2.18. The highest BCUT2D eigenvalue weighted by Crippen LogP contribution is 2.43. The molecule has 0 bridgehead atoms. The maximum Gasteiger partial charge on any atom is 0.173 e. The molecule has 0 radical (unpaired) electrons. The molecule has 6 aromatic rings. The first-order chi connectivity index (χ1) is 18.1. The fourth-order valence-electron chi connectivity index (χ4n) is 5.78. The van der Waals surface area contributed by atoms with Crippen LogP contribution in [0.15, 0.2) is 75.7 Å². The van der Waals surface area contributed by atoms with Crippen LogP contribution in [0.3, 0.4) is 0 Å². The maximum absolute atomic E-state index is 6.50. The summed E-state index contributed by atoms with van der Waals surface area (Å²) < 4.78 is 13.0. The van der Waals surface area contributed by atoms with E-state index in [0.29, 0.717) is 5.92 Å². The van der Waals surface area contributed by atoms with E-state index in [-0.39, 0.29) is 5.41 Å². The van der Waals surface area contributed by atoms with Crippen LogP contribution in [0.5, 0.6) is 0 Å². The van der Waals surface area contributed by atoms with Gasteiger partial charge in [0.1, 0.15) is 11.2 Å². The molecular formula is C35H35NO2. The van der Waals surface area contributed by atoms with Crippen molar-refractivity contribution < 1.29 is 8.83 Å². The number of fused-ring (bicyclic) bond motifs is 3. The molecule has 0 aliphatic carbocycles. The summed E-state index contributed by atoms with van der Waals surface area (Å²) in [5.41, 5.74) is 8.56. The Morgan fingerprint density at radius 3 is 2.29 bits per heavy atom. The molecule has 0 atom stereocenters. The van der Waals surface area contributed by atoms with Crippen molar-refractivity contribution in [2.24, 2.45) is 5.92 Å². The van der Waals surface area contributed by atoms with Gasteiger partial charge in [0.25, 0.3) is 0 Å². The number of nitrogens with zero attached hydrogens (tertiary/aromatic N) is 1. The van der Waals surface area contributed by atoms with Crippen LogP contribution in [-0.4, -0.2) is 4.98 Å². The number of hydrogen-bond acceptors (Lipinski definition) is 3. The van der Waals surface area contributed by atoms with E-state index in [9.17, 15) is 0 Å². The van der Waals surface area contributed by atoms with Crippen LogP contribution >= 0.6 is 0 Å². The van der Waals surface area contributed by atoms with Crippen molar-refractivity contribution in [1.29, 1.82) is 0 Å². The van der Waals surface area contributed by atoms with E-state index >= 15 is 0 Å². The van der Waals surface area contributed by atoms with Gasteiger partial charge in [0.15, 0.2) is 11.5 Å². The summed E-state index contributed by atoms with van der Waals surface area (Å²) in [6.07, 6.45) is 2.88. The summed E-state index contributed by atoms with van der Waals surface area (Å²) >= 11 is 0. The molecule has 0 saturated carbocycles. The Morgan fingerprint density at radius 1 is 0.789 bits per heavy atom. The number of hydrogen-bond donors (Lipinski definition) is 0. The third-order valence-electron chi connectivity index (χ3n) is 7.64. The number of pyridine rings is 1. The molecule has 3 aromatic carbocycles.